The molecule has 3 rings (SSSR count). The summed E-state index contributed by atoms with van der Waals surface area (Å²) in [6.07, 6.45) is -3.41. The number of aromatic nitrogens is 1. The third-order valence-corrected chi connectivity index (χ3v) is 5.61. The topological polar surface area (TPSA) is 51.2 Å². The van der Waals surface area contributed by atoms with Crippen LogP contribution in [0.2, 0.25) is 0 Å². The van der Waals surface area contributed by atoms with Gasteiger partial charge in [0.1, 0.15) is 11.6 Å². The fraction of sp³-hybridized carbons (Fsp3) is 0.333. The van der Waals surface area contributed by atoms with Gasteiger partial charge in [0.25, 0.3) is 0 Å². The molecule has 0 saturated heterocycles. The smallest absolute Gasteiger partial charge is 0.389 e. The number of halogens is 4. The van der Waals surface area contributed by atoms with Crippen LogP contribution in [0.1, 0.15) is 30.9 Å². The number of hydrogen-bond donors (Lipinski definition) is 1. The summed E-state index contributed by atoms with van der Waals surface area (Å²) in [6, 6.07) is 12.1. The number of para-hydroxylation sites is 1. The summed E-state index contributed by atoms with van der Waals surface area (Å²) in [7, 11) is 1.33. The molecule has 8 heteroatoms. The van der Waals surface area contributed by atoms with Crippen LogP contribution in [0.4, 0.5) is 17.6 Å². The Morgan fingerprint density at radius 2 is 1.91 bits per heavy atom. The highest BCUT2D eigenvalue weighted by molar-refractivity contribution is 5.81. The predicted octanol–water partition coefficient (Wildman–Crippen LogP) is 5.34. The summed E-state index contributed by atoms with van der Waals surface area (Å²) in [5, 5.41) is 3.51. The quantitative estimate of drug-likeness (QED) is 0.355. The first kappa shape index (κ1) is 23.5. The molecule has 0 aliphatic rings. The Kier molecular flexibility index (Phi) is 7.01. The van der Waals surface area contributed by atoms with Crippen LogP contribution in [0.5, 0.6) is 5.75 Å². The monoisotopic (exact) mass is 448 g/mol. The van der Waals surface area contributed by atoms with Gasteiger partial charge < -0.3 is 10.1 Å². The van der Waals surface area contributed by atoms with E-state index in [1.807, 2.05) is 24.3 Å². The number of rotatable bonds is 9. The number of nitrogens with one attached hydrogen (secondary N) is 1. The highest BCUT2D eigenvalue weighted by Crippen LogP contribution is 2.44. The number of hydrogen-bond acceptors (Lipinski definition) is 3. The minimum absolute atomic E-state index is 0.0816. The molecule has 2 aromatic carbocycles. The zero-order valence-corrected chi connectivity index (χ0v) is 17.7. The van der Waals surface area contributed by atoms with E-state index >= 15 is 0 Å². The van der Waals surface area contributed by atoms with Crippen molar-refractivity contribution in [1.29, 1.82) is 0 Å². The molecule has 2 atom stereocenters. The van der Waals surface area contributed by atoms with Gasteiger partial charge >= 0.3 is 6.18 Å². The Hall–Kier alpha value is -3.16. The Labute approximate surface area is 183 Å². The number of carbonyl (C=O) groups excluding carboxylic acids is 1. The van der Waals surface area contributed by atoms with E-state index in [0.29, 0.717) is 6.41 Å². The lowest BCUT2D eigenvalue weighted by Crippen LogP contribution is -2.40. The van der Waals surface area contributed by atoms with Crippen LogP contribution in [0.3, 0.4) is 0 Å². The molecule has 1 aromatic heterocycles. The van der Waals surface area contributed by atoms with Gasteiger partial charge in [0.15, 0.2) is 0 Å². The Bertz CT molecular complexity index is 1080. The lowest BCUT2D eigenvalue weighted by atomic mass is 9.73. The average Bonchev–Trinajstić information content (AvgIpc) is 2.73. The molecule has 1 heterocycles. The van der Waals surface area contributed by atoms with Gasteiger partial charge in [0.2, 0.25) is 6.41 Å². The van der Waals surface area contributed by atoms with Crippen molar-refractivity contribution in [2.24, 2.45) is 0 Å². The molecule has 0 aliphatic heterocycles. The maximum atomic E-state index is 14.0. The Morgan fingerprint density at radius 3 is 2.59 bits per heavy atom. The maximum Gasteiger partial charge on any atom is 0.389 e. The van der Waals surface area contributed by atoms with Crippen molar-refractivity contribution in [2.75, 3.05) is 7.11 Å². The Balaban J connectivity index is 2.02. The van der Waals surface area contributed by atoms with Crippen molar-refractivity contribution in [3.05, 3.63) is 71.7 Å². The van der Waals surface area contributed by atoms with Crippen LogP contribution in [-0.4, -0.2) is 30.7 Å². The number of pyridine rings is 1. The highest BCUT2D eigenvalue weighted by atomic mass is 19.4. The zero-order valence-electron chi connectivity index (χ0n) is 17.7. The number of carbonyl (C=O) groups is 1. The molecule has 0 saturated carbocycles. The first-order valence-corrected chi connectivity index (χ1v) is 10.1. The molecular weight excluding hydrogens is 424 g/mol. The normalized spacial score (nSPS) is 14.6. The van der Waals surface area contributed by atoms with E-state index in [9.17, 15) is 22.4 Å². The van der Waals surface area contributed by atoms with Crippen molar-refractivity contribution in [2.45, 2.75) is 43.8 Å². The van der Waals surface area contributed by atoms with Gasteiger partial charge in [-0.2, -0.15) is 13.2 Å². The van der Waals surface area contributed by atoms with E-state index in [1.165, 1.54) is 20.1 Å². The lowest BCUT2D eigenvalue weighted by molar-refractivity contribution is -0.148. The van der Waals surface area contributed by atoms with Crippen LogP contribution in [0, 0.1) is 5.82 Å². The summed E-state index contributed by atoms with van der Waals surface area (Å²) in [5.74, 6) is -0.494. The van der Waals surface area contributed by atoms with Crippen LogP contribution in [0.25, 0.3) is 10.9 Å². The van der Waals surface area contributed by atoms with Crippen LogP contribution in [-0.2, 0) is 16.6 Å². The van der Waals surface area contributed by atoms with E-state index in [4.69, 9.17) is 4.74 Å². The first-order valence-electron chi connectivity index (χ1n) is 10.1. The molecule has 170 valence electrons. The minimum Gasteiger partial charge on any atom is -0.496 e. The largest absolute Gasteiger partial charge is 0.496 e. The second-order valence-corrected chi connectivity index (χ2v) is 8.07. The zero-order chi connectivity index (χ0) is 23.4. The van der Waals surface area contributed by atoms with E-state index < -0.39 is 29.9 Å². The molecule has 0 aliphatic carbocycles. The molecule has 0 bridgehead atoms. The van der Waals surface area contributed by atoms with Gasteiger partial charge in [-0.05, 0) is 48.7 Å². The second kappa shape index (κ2) is 9.54. The summed E-state index contributed by atoms with van der Waals surface area (Å²) >= 11 is 0. The molecular formula is C24H24F4N2O2. The van der Waals surface area contributed by atoms with Crippen molar-refractivity contribution in [1.82, 2.24) is 10.3 Å². The summed E-state index contributed by atoms with van der Waals surface area (Å²) in [5.41, 5.74) is 0.152. The predicted molar refractivity (Wildman–Crippen MR) is 114 cm³/mol. The number of fused-ring (bicyclic) bond motifs is 1. The van der Waals surface area contributed by atoms with Gasteiger partial charge in [-0.1, -0.05) is 25.1 Å². The third-order valence-electron chi connectivity index (χ3n) is 5.61. The molecule has 0 spiro atoms. The second-order valence-electron chi connectivity index (χ2n) is 8.07. The van der Waals surface area contributed by atoms with Crippen LogP contribution in [0.15, 0.2) is 54.7 Å². The number of nitrogens with zero attached hydrogens (tertiary/aromatic N) is 1. The molecule has 3 aromatic rings. The summed E-state index contributed by atoms with van der Waals surface area (Å²) in [6.45, 7) is 1.42. The van der Waals surface area contributed by atoms with Gasteiger partial charge in [-0.25, -0.2) is 4.39 Å². The molecule has 0 radical (unpaired) electrons. The minimum atomic E-state index is -4.51. The van der Waals surface area contributed by atoms with Crippen LogP contribution >= 0.6 is 0 Å². The molecule has 4 nitrogen and oxygen atoms in total. The number of amides is 1. The van der Waals surface area contributed by atoms with Gasteiger partial charge in [0.05, 0.1) is 19.0 Å². The van der Waals surface area contributed by atoms with Crippen LogP contribution < -0.4 is 10.1 Å². The maximum absolute atomic E-state index is 14.0. The number of alkyl halides is 3. The fourth-order valence-electron chi connectivity index (χ4n) is 4.30. The highest BCUT2D eigenvalue weighted by Gasteiger charge is 2.43. The van der Waals surface area contributed by atoms with E-state index in [-0.39, 0.29) is 24.2 Å². The number of methoxy groups -OCH3 is 1. The Morgan fingerprint density at radius 1 is 1.16 bits per heavy atom. The van der Waals surface area contributed by atoms with Crippen molar-refractivity contribution in [3.63, 3.8) is 0 Å². The third kappa shape index (κ3) is 5.55. The van der Waals surface area contributed by atoms with E-state index in [0.717, 1.165) is 28.6 Å². The summed E-state index contributed by atoms with van der Waals surface area (Å²) < 4.78 is 60.1. The molecule has 32 heavy (non-hydrogen) atoms. The number of benzene rings is 2. The SMILES string of the molecule is COc1ccc(F)cc1C(C)(CC(Cc1ccnc2ccccc12)NC=O)CC(F)(F)F. The fourth-order valence-corrected chi connectivity index (χ4v) is 4.30. The van der Waals surface area contributed by atoms with Crippen molar-refractivity contribution >= 4 is 17.3 Å². The summed E-state index contributed by atoms with van der Waals surface area (Å²) in [4.78, 5) is 15.6. The lowest BCUT2D eigenvalue weighted by Gasteiger charge is -2.35. The van der Waals surface area contributed by atoms with Crippen molar-refractivity contribution in [3.8, 4) is 5.75 Å². The molecule has 2 unspecified atom stereocenters. The van der Waals surface area contributed by atoms with Crippen molar-refractivity contribution < 1.29 is 27.1 Å². The van der Waals surface area contributed by atoms with Gasteiger partial charge in [0, 0.05) is 28.6 Å². The van der Waals surface area contributed by atoms with Gasteiger partial charge in [-0.3, -0.25) is 9.78 Å². The molecule has 1 amide bonds. The average molecular weight is 448 g/mol. The number of ether oxygens (including phenoxy) is 1. The molecule has 0 fully saturated rings. The first-order chi connectivity index (χ1) is 15.1. The van der Waals surface area contributed by atoms with E-state index in [2.05, 4.69) is 10.3 Å². The molecule has 1 N–H and O–H groups in total. The van der Waals surface area contributed by atoms with E-state index in [1.54, 1.807) is 12.3 Å². The standard InChI is InChI=1S/C24H24F4N2O2/c1-23(14-24(26,27)28,20-12-17(25)7-8-22(20)32-2)13-18(30-15-31)11-16-9-10-29-21-6-4-3-5-19(16)21/h3-10,12,15,18H,11,13-14H2,1-2H3,(H,30,31). The van der Waals surface area contributed by atoms with Gasteiger partial charge in [-0.15, -0.1) is 0 Å².